The first-order valence-electron chi connectivity index (χ1n) is 8.03. The topological polar surface area (TPSA) is 98.1 Å². The van der Waals surface area contributed by atoms with E-state index in [9.17, 15) is 14.9 Å². The summed E-state index contributed by atoms with van der Waals surface area (Å²) in [5.74, 6) is -0.0979. The number of quaternary nitrogens is 1. The van der Waals surface area contributed by atoms with E-state index in [1.165, 1.54) is 19.2 Å². The molecule has 2 rings (SSSR count). The Kier molecular flexibility index (Phi) is 6.54. The maximum absolute atomic E-state index is 12.2. The van der Waals surface area contributed by atoms with Crippen molar-refractivity contribution in [2.24, 2.45) is 0 Å². The summed E-state index contributed by atoms with van der Waals surface area (Å²) in [4.78, 5) is 22.7. The average Bonchev–Trinajstić information content (AvgIpc) is 2.61. The zero-order valence-electron chi connectivity index (χ0n) is 14.8. The average molecular weight is 379 g/mol. The molecule has 0 radical (unpaired) electrons. The van der Waals surface area contributed by atoms with Crippen molar-refractivity contribution in [3.63, 3.8) is 0 Å². The Morgan fingerprint density at radius 2 is 2.00 bits per heavy atom. The van der Waals surface area contributed by atoms with Crippen LogP contribution in [0.15, 0.2) is 36.4 Å². The highest BCUT2D eigenvalue weighted by Gasteiger charge is 2.19. The Morgan fingerprint density at radius 3 is 2.58 bits per heavy atom. The van der Waals surface area contributed by atoms with Gasteiger partial charge in [-0.15, -0.1) is 0 Å². The molecule has 138 valence electrons. The summed E-state index contributed by atoms with van der Waals surface area (Å²) >= 11 is 5.88. The molecule has 0 saturated carbocycles. The van der Waals surface area contributed by atoms with Gasteiger partial charge in [0.2, 0.25) is 0 Å². The lowest BCUT2D eigenvalue weighted by Gasteiger charge is -2.13. The zero-order chi connectivity index (χ0) is 19.3. The van der Waals surface area contributed by atoms with E-state index in [0.717, 1.165) is 5.56 Å². The molecule has 7 nitrogen and oxygen atoms in total. The SMILES string of the molecule is COc1cc(NC(=O)C[NH2+][C@H](C)c2ccc(Cl)cc2)c(C)cc1[N+](=O)[O-]. The molecule has 2 aromatic rings. The third-order valence-corrected chi connectivity index (χ3v) is 4.30. The molecule has 0 aliphatic heterocycles. The van der Waals surface area contributed by atoms with E-state index in [1.54, 1.807) is 6.92 Å². The van der Waals surface area contributed by atoms with Gasteiger partial charge in [0.05, 0.1) is 12.0 Å². The molecule has 0 aliphatic rings. The molecule has 0 fully saturated rings. The van der Waals surface area contributed by atoms with Gasteiger partial charge in [0.1, 0.15) is 6.04 Å². The van der Waals surface area contributed by atoms with Crippen LogP contribution in [0.5, 0.6) is 5.75 Å². The Morgan fingerprint density at radius 1 is 1.35 bits per heavy atom. The van der Waals surface area contributed by atoms with Crippen molar-refractivity contribution in [1.82, 2.24) is 0 Å². The van der Waals surface area contributed by atoms with Gasteiger partial charge in [0.15, 0.2) is 12.3 Å². The Labute approximate surface area is 156 Å². The van der Waals surface area contributed by atoms with Crippen LogP contribution >= 0.6 is 11.6 Å². The van der Waals surface area contributed by atoms with Gasteiger partial charge in [-0.25, -0.2) is 0 Å². The van der Waals surface area contributed by atoms with Gasteiger partial charge in [-0.1, -0.05) is 23.7 Å². The van der Waals surface area contributed by atoms with Gasteiger partial charge in [-0.05, 0) is 31.5 Å². The Bertz CT molecular complexity index is 809. The van der Waals surface area contributed by atoms with Gasteiger partial charge in [-0.3, -0.25) is 14.9 Å². The van der Waals surface area contributed by atoms with Crippen LogP contribution in [0.2, 0.25) is 5.02 Å². The molecule has 1 atom stereocenters. The smallest absolute Gasteiger partial charge is 0.311 e. The summed E-state index contributed by atoms with van der Waals surface area (Å²) in [5, 5.41) is 16.4. The van der Waals surface area contributed by atoms with Gasteiger partial charge >= 0.3 is 5.69 Å². The second kappa shape index (κ2) is 8.64. The molecule has 0 unspecified atom stereocenters. The molecular weight excluding hydrogens is 358 g/mol. The van der Waals surface area contributed by atoms with Crippen molar-refractivity contribution in [3.05, 3.63) is 62.7 Å². The predicted octanol–water partition coefficient (Wildman–Crippen LogP) is 2.83. The first kappa shape index (κ1) is 19.7. The fourth-order valence-electron chi connectivity index (χ4n) is 2.50. The van der Waals surface area contributed by atoms with E-state index < -0.39 is 4.92 Å². The van der Waals surface area contributed by atoms with E-state index in [4.69, 9.17) is 16.3 Å². The van der Waals surface area contributed by atoms with Crippen LogP contribution in [0.3, 0.4) is 0 Å². The maximum atomic E-state index is 12.2. The van der Waals surface area contributed by atoms with Crippen LogP contribution in [0, 0.1) is 17.0 Å². The summed E-state index contributed by atoms with van der Waals surface area (Å²) < 4.78 is 5.04. The van der Waals surface area contributed by atoms with Crippen molar-refractivity contribution in [1.29, 1.82) is 0 Å². The predicted molar refractivity (Wildman–Crippen MR) is 99.7 cm³/mol. The number of nitrogens with zero attached hydrogens (tertiary/aromatic N) is 1. The Hall–Kier alpha value is -2.64. The fourth-order valence-corrected chi connectivity index (χ4v) is 2.63. The molecule has 0 bridgehead atoms. The number of ether oxygens (including phenoxy) is 1. The zero-order valence-corrected chi connectivity index (χ0v) is 15.5. The minimum atomic E-state index is -0.515. The molecule has 0 spiro atoms. The Balaban J connectivity index is 2.01. The summed E-state index contributed by atoms with van der Waals surface area (Å²) in [6.07, 6.45) is 0. The molecule has 0 aromatic heterocycles. The van der Waals surface area contributed by atoms with Crippen LogP contribution < -0.4 is 15.4 Å². The van der Waals surface area contributed by atoms with Crippen LogP contribution in [-0.4, -0.2) is 24.5 Å². The number of carbonyl (C=O) groups is 1. The number of nitrogens with two attached hydrogens (primary N) is 1. The number of benzene rings is 2. The highest BCUT2D eigenvalue weighted by atomic mass is 35.5. The van der Waals surface area contributed by atoms with E-state index in [1.807, 2.05) is 36.5 Å². The molecule has 2 aromatic carbocycles. The number of amides is 1. The maximum Gasteiger partial charge on any atom is 0.311 e. The molecule has 26 heavy (non-hydrogen) atoms. The number of hydrogen-bond donors (Lipinski definition) is 2. The van der Waals surface area contributed by atoms with E-state index in [2.05, 4.69) is 5.32 Å². The van der Waals surface area contributed by atoms with Gasteiger partial charge in [-0.2, -0.15) is 0 Å². The third-order valence-electron chi connectivity index (χ3n) is 4.05. The molecule has 3 N–H and O–H groups in total. The molecule has 0 heterocycles. The van der Waals surface area contributed by atoms with E-state index in [-0.39, 0.29) is 29.9 Å². The number of hydrogen-bond acceptors (Lipinski definition) is 4. The number of methoxy groups -OCH3 is 1. The van der Waals surface area contributed by atoms with Crippen molar-refractivity contribution in [2.75, 3.05) is 19.0 Å². The van der Waals surface area contributed by atoms with Gasteiger partial charge in [0, 0.05) is 28.4 Å². The third kappa shape index (κ3) is 4.93. The van der Waals surface area contributed by atoms with Crippen molar-refractivity contribution in [2.45, 2.75) is 19.9 Å². The van der Waals surface area contributed by atoms with Crippen molar-refractivity contribution < 1.29 is 19.8 Å². The standard InChI is InChI=1S/C18H20ClN3O4/c1-11-8-16(22(24)25)17(26-3)9-15(11)21-18(23)10-20-12(2)13-4-6-14(19)7-5-13/h4-9,12,20H,10H2,1-3H3,(H,21,23)/p+1/t12-/m1/s1. The number of anilines is 1. The van der Waals surface area contributed by atoms with Crippen LogP contribution in [0.25, 0.3) is 0 Å². The summed E-state index contributed by atoms with van der Waals surface area (Å²) in [6.45, 7) is 3.90. The normalized spacial score (nSPS) is 11.7. The van der Waals surface area contributed by atoms with Crippen LogP contribution in [-0.2, 0) is 4.79 Å². The van der Waals surface area contributed by atoms with E-state index in [0.29, 0.717) is 16.3 Å². The lowest BCUT2D eigenvalue weighted by atomic mass is 10.1. The highest BCUT2D eigenvalue weighted by molar-refractivity contribution is 6.30. The number of nitro benzene ring substituents is 1. The minimum Gasteiger partial charge on any atom is -0.490 e. The van der Waals surface area contributed by atoms with Crippen LogP contribution in [0.1, 0.15) is 24.1 Å². The second-order valence-corrected chi connectivity index (χ2v) is 6.36. The number of nitro groups is 1. The monoisotopic (exact) mass is 378 g/mol. The molecule has 0 saturated heterocycles. The lowest BCUT2D eigenvalue weighted by molar-refractivity contribution is -0.682. The lowest BCUT2D eigenvalue weighted by Crippen LogP contribution is -2.86. The number of carbonyl (C=O) groups excluding carboxylic acids is 1. The first-order valence-corrected chi connectivity index (χ1v) is 8.41. The molecule has 1 amide bonds. The first-order chi connectivity index (χ1) is 12.3. The summed E-state index contributed by atoms with van der Waals surface area (Å²) in [5.41, 5.74) is 2.02. The van der Waals surface area contributed by atoms with Crippen molar-refractivity contribution >= 4 is 28.9 Å². The summed E-state index contributed by atoms with van der Waals surface area (Å²) in [7, 11) is 1.35. The van der Waals surface area contributed by atoms with Gasteiger partial charge in [0.25, 0.3) is 5.91 Å². The van der Waals surface area contributed by atoms with Gasteiger partial charge < -0.3 is 15.4 Å². The number of rotatable bonds is 7. The van der Waals surface area contributed by atoms with E-state index >= 15 is 0 Å². The van der Waals surface area contributed by atoms with Crippen LogP contribution in [0.4, 0.5) is 11.4 Å². The molecule has 0 aliphatic carbocycles. The largest absolute Gasteiger partial charge is 0.490 e. The number of aryl methyl sites for hydroxylation is 1. The minimum absolute atomic E-state index is 0.0884. The summed E-state index contributed by atoms with van der Waals surface area (Å²) in [6, 6.07) is 10.4. The van der Waals surface area contributed by atoms with Crippen molar-refractivity contribution in [3.8, 4) is 5.75 Å². The number of nitrogens with one attached hydrogen (secondary N) is 1. The molecule has 8 heteroatoms. The fraction of sp³-hybridized carbons (Fsp3) is 0.278. The number of halogens is 1. The quantitative estimate of drug-likeness (QED) is 0.571. The second-order valence-electron chi connectivity index (χ2n) is 5.92. The highest BCUT2D eigenvalue weighted by Crippen LogP contribution is 2.32. The molecular formula is C18H21ClN3O4+.